The maximum atomic E-state index is 13.5. The summed E-state index contributed by atoms with van der Waals surface area (Å²) in [6.45, 7) is 5.77. The number of ether oxygens (including phenoxy) is 2. The number of alkyl carbamates (subject to hydrolysis) is 1. The van der Waals surface area contributed by atoms with Crippen molar-refractivity contribution in [1.82, 2.24) is 16.1 Å². The van der Waals surface area contributed by atoms with E-state index in [1.165, 1.54) is 0 Å². The molecule has 1 atom stereocenters. The fourth-order valence-electron chi connectivity index (χ4n) is 6.82. The van der Waals surface area contributed by atoms with Crippen LogP contribution in [0.2, 0.25) is 0 Å². The Balaban J connectivity index is 1.30. The number of esters is 1. The van der Waals surface area contributed by atoms with Crippen LogP contribution in [0.1, 0.15) is 81.9 Å². The maximum absolute atomic E-state index is 13.5. The molecule has 3 aromatic rings. The summed E-state index contributed by atoms with van der Waals surface area (Å²) in [6.07, 6.45) is 2.49. The zero-order valence-corrected chi connectivity index (χ0v) is 29.5. The zero-order valence-electron chi connectivity index (χ0n) is 29.5. The van der Waals surface area contributed by atoms with Crippen molar-refractivity contribution < 1.29 is 33.8 Å². The van der Waals surface area contributed by atoms with E-state index < -0.39 is 35.7 Å². The van der Waals surface area contributed by atoms with Gasteiger partial charge in [-0.05, 0) is 93.0 Å². The van der Waals surface area contributed by atoms with Crippen molar-refractivity contribution in [3.8, 4) is 11.1 Å². The standard InChI is InChI=1S/C40H48N4O7/c1-40(2,3)51-36(45)23-35(42-39(49)50-25-33-31-15-9-7-13-29(31)30-14-8-10-16-32(30)33)34(22-19-26-11-5-4-6-12-26)43-44-38(48)41-24-27-17-20-28(21-18-27)37(46)47/h4-16,27-28,33,35H,17-25H2,1-3H3,(H,42,49)(H,46,47)(H2,41,44,48)/t27?,28?,35-/m0/s1. The lowest BCUT2D eigenvalue weighted by Crippen LogP contribution is -2.45. The molecule has 2 aliphatic rings. The molecule has 0 spiro atoms. The van der Waals surface area contributed by atoms with Crippen LogP contribution in [0.5, 0.6) is 0 Å². The number of fused-ring (bicyclic) bond motifs is 3. The number of hydrogen-bond acceptors (Lipinski definition) is 7. The molecule has 0 aromatic heterocycles. The summed E-state index contributed by atoms with van der Waals surface area (Å²) in [5.74, 6) is -1.63. The van der Waals surface area contributed by atoms with Gasteiger partial charge in [0.1, 0.15) is 12.2 Å². The Morgan fingerprint density at radius 3 is 2.08 bits per heavy atom. The Morgan fingerprint density at radius 1 is 0.863 bits per heavy atom. The van der Waals surface area contributed by atoms with Gasteiger partial charge in [-0.2, -0.15) is 5.10 Å². The van der Waals surface area contributed by atoms with Gasteiger partial charge in [-0.15, -0.1) is 0 Å². The normalized spacial score (nSPS) is 17.7. The highest BCUT2D eigenvalue weighted by Gasteiger charge is 2.31. The largest absolute Gasteiger partial charge is 0.481 e. The van der Waals surface area contributed by atoms with Crippen LogP contribution >= 0.6 is 0 Å². The molecule has 3 amide bonds. The van der Waals surface area contributed by atoms with E-state index in [1.807, 2.05) is 66.7 Å². The molecular weight excluding hydrogens is 648 g/mol. The minimum Gasteiger partial charge on any atom is -0.481 e. The molecule has 0 radical (unpaired) electrons. The van der Waals surface area contributed by atoms with Crippen molar-refractivity contribution in [3.63, 3.8) is 0 Å². The van der Waals surface area contributed by atoms with Gasteiger partial charge in [-0.25, -0.2) is 15.0 Å². The summed E-state index contributed by atoms with van der Waals surface area (Å²) in [5.41, 5.74) is 7.56. The Morgan fingerprint density at radius 2 is 1.47 bits per heavy atom. The second-order valence-electron chi connectivity index (χ2n) is 14.3. The van der Waals surface area contributed by atoms with Crippen LogP contribution in [0.25, 0.3) is 11.1 Å². The predicted molar refractivity (Wildman–Crippen MR) is 194 cm³/mol. The summed E-state index contributed by atoms with van der Waals surface area (Å²) in [5, 5.41) is 19.4. The van der Waals surface area contributed by atoms with Crippen LogP contribution in [-0.2, 0) is 25.5 Å². The van der Waals surface area contributed by atoms with Crippen LogP contribution in [0.15, 0.2) is 84.0 Å². The number of rotatable bonds is 13. The van der Waals surface area contributed by atoms with Crippen LogP contribution < -0.4 is 16.1 Å². The number of hydrogen-bond donors (Lipinski definition) is 4. The molecule has 11 heteroatoms. The highest BCUT2D eigenvalue weighted by atomic mass is 16.6. The molecule has 5 rings (SSSR count). The van der Waals surface area contributed by atoms with E-state index in [9.17, 15) is 24.3 Å². The first-order chi connectivity index (χ1) is 24.5. The molecule has 0 aliphatic heterocycles. The van der Waals surface area contributed by atoms with Gasteiger partial charge in [0.2, 0.25) is 0 Å². The second-order valence-corrected chi connectivity index (χ2v) is 14.3. The molecule has 0 saturated heterocycles. The summed E-state index contributed by atoms with van der Waals surface area (Å²) in [6, 6.07) is 24.4. The first-order valence-corrected chi connectivity index (χ1v) is 17.7. The number of nitrogens with one attached hydrogen (secondary N) is 3. The van der Waals surface area contributed by atoms with Crippen LogP contribution in [0.3, 0.4) is 0 Å². The molecule has 1 saturated carbocycles. The fourth-order valence-corrected chi connectivity index (χ4v) is 6.82. The average molecular weight is 697 g/mol. The summed E-state index contributed by atoms with van der Waals surface area (Å²) in [7, 11) is 0. The van der Waals surface area contributed by atoms with Crippen molar-refractivity contribution in [2.75, 3.05) is 13.2 Å². The first kappa shape index (κ1) is 37.1. The fraction of sp³-hybridized carbons (Fsp3) is 0.425. The third-order valence-electron chi connectivity index (χ3n) is 9.39. The molecule has 4 N–H and O–H groups in total. The van der Waals surface area contributed by atoms with Crippen molar-refractivity contribution >= 4 is 29.8 Å². The smallest absolute Gasteiger partial charge is 0.407 e. The lowest BCUT2D eigenvalue weighted by molar-refractivity contribution is -0.155. The molecule has 0 bridgehead atoms. The Kier molecular flexibility index (Phi) is 12.5. The number of carbonyl (C=O) groups excluding carboxylic acids is 3. The number of aryl methyl sites for hydroxylation is 1. The lowest BCUT2D eigenvalue weighted by atomic mass is 9.82. The average Bonchev–Trinajstić information content (AvgIpc) is 3.43. The lowest BCUT2D eigenvalue weighted by Gasteiger charge is -2.26. The topological polar surface area (TPSA) is 155 Å². The van der Waals surface area contributed by atoms with Gasteiger partial charge >= 0.3 is 24.1 Å². The van der Waals surface area contributed by atoms with Gasteiger partial charge in [-0.3, -0.25) is 9.59 Å². The van der Waals surface area contributed by atoms with E-state index in [-0.39, 0.29) is 30.8 Å². The number of carboxylic acids is 1. The highest BCUT2D eigenvalue weighted by molar-refractivity contribution is 5.95. The van der Waals surface area contributed by atoms with E-state index in [0.717, 1.165) is 27.8 Å². The molecule has 51 heavy (non-hydrogen) atoms. The Bertz CT molecular complexity index is 1670. The minimum absolute atomic E-state index is 0.0878. The van der Waals surface area contributed by atoms with Crippen molar-refractivity contribution in [1.29, 1.82) is 0 Å². The van der Waals surface area contributed by atoms with E-state index in [0.29, 0.717) is 50.8 Å². The molecule has 0 unspecified atom stereocenters. The van der Waals surface area contributed by atoms with Gasteiger partial charge in [0.15, 0.2) is 0 Å². The van der Waals surface area contributed by atoms with Gasteiger partial charge in [0.25, 0.3) is 0 Å². The van der Waals surface area contributed by atoms with E-state index in [1.54, 1.807) is 20.8 Å². The Labute approximate surface area is 299 Å². The minimum atomic E-state index is -0.939. The van der Waals surface area contributed by atoms with Crippen molar-refractivity contribution in [2.45, 2.75) is 83.3 Å². The third-order valence-corrected chi connectivity index (χ3v) is 9.39. The number of nitrogens with zero attached hydrogens (tertiary/aromatic N) is 1. The quantitative estimate of drug-likeness (QED) is 0.0870. The predicted octanol–water partition coefficient (Wildman–Crippen LogP) is 6.80. The van der Waals surface area contributed by atoms with E-state index in [2.05, 4.69) is 33.3 Å². The number of amides is 3. The van der Waals surface area contributed by atoms with Gasteiger partial charge in [0, 0.05) is 12.5 Å². The third kappa shape index (κ3) is 10.7. The monoisotopic (exact) mass is 696 g/mol. The molecule has 0 heterocycles. The maximum Gasteiger partial charge on any atom is 0.407 e. The van der Waals surface area contributed by atoms with Crippen LogP contribution in [0.4, 0.5) is 9.59 Å². The number of benzene rings is 3. The summed E-state index contributed by atoms with van der Waals surface area (Å²) in [4.78, 5) is 50.9. The zero-order chi connectivity index (χ0) is 36.4. The Hall–Kier alpha value is -5.19. The number of carbonyl (C=O) groups is 4. The highest BCUT2D eigenvalue weighted by Crippen LogP contribution is 2.44. The summed E-state index contributed by atoms with van der Waals surface area (Å²) >= 11 is 0. The molecule has 2 aliphatic carbocycles. The van der Waals surface area contributed by atoms with Crippen molar-refractivity contribution in [2.24, 2.45) is 16.9 Å². The van der Waals surface area contributed by atoms with Gasteiger partial charge in [-0.1, -0.05) is 78.9 Å². The number of hydrazone groups is 1. The molecule has 1 fully saturated rings. The van der Waals surface area contributed by atoms with Gasteiger partial charge < -0.3 is 25.2 Å². The van der Waals surface area contributed by atoms with E-state index >= 15 is 0 Å². The first-order valence-electron chi connectivity index (χ1n) is 17.7. The molecule has 3 aromatic carbocycles. The number of aliphatic carboxylic acids is 1. The second kappa shape index (κ2) is 17.2. The van der Waals surface area contributed by atoms with E-state index in [4.69, 9.17) is 9.47 Å². The molecular formula is C40H48N4O7. The van der Waals surface area contributed by atoms with Crippen LogP contribution in [0, 0.1) is 11.8 Å². The van der Waals surface area contributed by atoms with Gasteiger partial charge in [0.05, 0.1) is 24.1 Å². The van der Waals surface area contributed by atoms with Crippen LogP contribution in [-0.4, -0.2) is 59.7 Å². The number of urea groups is 1. The molecule has 270 valence electrons. The SMILES string of the molecule is CC(C)(C)OC(=O)C[C@H](NC(=O)OCC1c2ccccc2-c2ccccc21)C(CCc1ccccc1)=NNC(=O)NCC1CCC(C(=O)O)CC1. The number of carboxylic acid groups (broad SMARTS) is 1. The van der Waals surface area contributed by atoms with Crippen molar-refractivity contribution in [3.05, 3.63) is 95.6 Å². The summed E-state index contributed by atoms with van der Waals surface area (Å²) < 4.78 is 11.4. The molecule has 11 nitrogen and oxygen atoms in total.